The molecule has 1 atom stereocenters. The summed E-state index contributed by atoms with van der Waals surface area (Å²) in [5.41, 5.74) is -0.756. The largest absolute Gasteiger partial charge is 0.480 e. The molecular formula is C13H21N3O2. The van der Waals surface area contributed by atoms with Gasteiger partial charge in [-0.25, -0.2) is 0 Å². The standard InChI is InChI=1S/C13H21N3O2/c1-2-13(12(17)18,15-11-5-6-11)7-3-9-16-10-4-8-14-16/h4,8,10-11,15H,2-3,5-7,9H2,1H3,(H,17,18). The lowest BCUT2D eigenvalue weighted by atomic mass is 9.90. The number of hydrogen-bond donors (Lipinski definition) is 2. The van der Waals surface area contributed by atoms with E-state index < -0.39 is 11.5 Å². The summed E-state index contributed by atoms with van der Waals surface area (Å²) in [4.78, 5) is 11.5. The maximum atomic E-state index is 11.5. The highest BCUT2D eigenvalue weighted by Gasteiger charge is 2.40. The van der Waals surface area contributed by atoms with Crippen LogP contribution >= 0.6 is 0 Å². The van der Waals surface area contributed by atoms with Gasteiger partial charge in [0.05, 0.1) is 0 Å². The van der Waals surface area contributed by atoms with Crippen LogP contribution in [-0.2, 0) is 11.3 Å². The molecule has 0 radical (unpaired) electrons. The molecular weight excluding hydrogens is 230 g/mol. The van der Waals surface area contributed by atoms with Crippen LogP contribution in [0.2, 0.25) is 0 Å². The van der Waals surface area contributed by atoms with E-state index in [0.717, 1.165) is 25.8 Å². The van der Waals surface area contributed by atoms with Crippen molar-refractivity contribution in [1.29, 1.82) is 0 Å². The Morgan fingerprint density at radius 2 is 2.39 bits per heavy atom. The Morgan fingerprint density at radius 3 is 2.89 bits per heavy atom. The number of nitrogens with zero attached hydrogens (tertiary/aromatic N) is 2. The molecule has 0 saturated heterocycles. The van der Waals surface area contributed by atoms with E-state index in [-0.39, 0.29) is 0 Å². The number of nitrogens with one attached hydrogen (secondary N) is 1. The molecule has 1 saturated carbocycles. The molecule has 0 aromatic carbocycles. The fourth-order valence-electron chi connectivity index (χ4n) is 2.26. The molecule has 0 bridgehead atoms. The molecule has 0 amide bonds. The Bertz CT molecular complexity index is 387. The molecule has 1 aliphatic rings. The van der Waals surface area contributed by atoms with E-state index in [0.29, 0.717) is 18.9 Å². The van der Waals surface area contributed by atoms with Crippen LogP contribution in [0.5, 0.6) is 0 Å². The molecule has 5 heteroatoms. The van der Waals surface area contributed by atoms with Gasteiger partial charge >= 0.3 is 5.97 Å². The summed E-state index contributed by atoms with van der Waals surface area (Å²) in [5.74, 6) is -0.725. The van der Waals surface area contributed by atoms with Gasteiger partial charge in [-0.3, -0.25) is 14.8 Å². The number of aliphatic carboxylic acids is 1. The summed E-state index contributed by atoms with van der Waals surface area (Å²) in [6.45, 7) is 2.71. The van der Waals surface area contributed by atoms with E-state index in [1.165, 1.54) is 0 Å². The maximum absolute atomic E-state index is 11.5. The third-order valence-corrected chi connectivity index (χ3v) is 3.62. The average Bonchev–Trinajstić information content (AvgIpc) is 3.01. The highest BCUT2D eigenvalue weighted by molar-refractivity contribution is 5.78. The fraction of sp³-hybridized carbons (Fsp3) is 0.692. The number of hydrogen-bond acceptors (Lipinski definition) is 3. The van der Waals surface area contributed by atoms with Crippen molar-refractivity contribution in [3.8, 4) is 0 Å². The van der Waals surface area contributed by atoms with Crippen LogP contribution in [0, 0.1) is 0 Å². The van der Waals surface area contributed by atoms with Crippen molar-refractivity contribution >= 4 is 5.97 Å². The topological polar surface area (TPSA) is 67.2 Å². The molecule has 0 aliphatic heterocycles. The zero-order chi connectivity index (χ0) is 13.0. The van der Waals surface area contributed by atoms with E-state index in [2.05, 4.69) is 10.4 Å². The van der Waals surface area contributed by atoms with Crippen LogP contribution in [-0.4, -0.2) is 32.4 Å². The molecule has 1 aliphatic carbocycles. The number of aromatic nitrogens is 2. The lowest BCUT2D eigenvalue weighted by Gasteiger charge is -2.29. The summed E-state index contributed by atoms with van der Waals surface area (Å²) in [6, 6.07) is 2.29. The van der Waals surface area contributed by atoms with Crippen molar-refractivity contribution in [3.05, 3.63) is 18.5 Å². The molecule has 1 unspecified atom stereocenters. The summed E-state index contributed by atoms with van der Waals surface area (Å²) < 4.78 is 1.85. The lowest BCUT2D eigenvalue weighted by Crippen LogP contribution is -2.52. The van der Waals surface area contributed by atoms with Gasteiger partial charge < -0.3 is 5.11 Å². The van der Waals surface area contributed by atoms with Crippen molar-refractivity contribution in [1.82, 2.24) is 15.1 Å². The van der Waals surface area contributed by atoms with Crippen molar-refractivity contribution in [3.63, 3.8) is 0 Å². The Labute approximate surface area is 107 Å². The van der Waals surface area contributed by atoms with Gasteiger partial charge in [-0.15, -0.1) is 0 Å². The minimum atomic E-state index is -0.756. The van der Waals surface area contributed by atoms with Crippen LogP contribution < -0.4 is 5.32 Å². The van der Waals surface area contributed by atoms with E-state index in [4.69, 9.17) is 0 Å². The lowest BCUT2D eigenvalue weighted by molar-refractivity contribution is -0.145. The van der Waals surface area contributed by atoms with Gasteiger partial charge in [0, 0.05) is 25.0 Å². The molecule has 1 aromatic rings. The summed E-state index contributed by atoms with van der Waals surface area (Å²) in [6.07, 6.45) is 7.95. The Morgan fingerprint density at radius 1 is 1.61 bits per heavy atom. The first-order chi connectivity index (χ1) is 8.66. The second-order valence-electron chi connectivity index (χ2n) is 5.03. The smallest absolute Gasteiger partial charge is 0.323 e. The third-order valence-electron chi connectivity index (χ3n) is 3.62. The van der Waals surface area contributed by atoms with Gasteiger partial charge in [0.25, 0.3) is 0 Å². The molecule has 1 heterocycles. The van der Waals surface area contributed by atoms with Crippen LogP contribution in [0.1, 0.15) is 39.0 Å². The number of carboxylic acid groups (broad SMARTS) is 1. The number of aryl methyl sites for hydroxylation is 1. The van der Waals surface area contributed by atoms with Gasteiger partial charge in [0.1, 0.15) is 5.54 Å². The normalized spacial score (nSPS) is 18.5. The summed E-state index contributed by atoms with van der Waals surface area (Å²) in [7, 11) is 0. The van der Waals surface area contributed by atoms with Crippen LogP contribution in [0.15, 0.2) is 18.5 Å². The van der Waals surface area contributed by atoms with E-state index >= 15 is 0 Å². The second kappa shape index (κ2) is 5.52. The first-order valence-corrected chi connectivity index (χ1v) is 6.65. The second-order valence-corrected chi connectivity index (χ2v) is 5.03. The Kier molecular flexibility index (Phi) is 4.01. The quantitative estimate of drug-likeness (QED) is 0.737. The first-order valence-electron chi connectivity index (χ1n) is 6.65. The van der Waals surface area contributed by atoms with Crippen molar-refractivity contribution < 1.29 is 9.90 Å². The predicted octanol–water partition coefficient (Wildman–Crippen LogP) is 1.65. The van der Waals surface area contributed by atoms with E-state index in [1.807, 2.05) is 23.9 Å². The summed E-state index contributed by atoms with van der Waals surface area (Å²) >= 11 is 0. The minimum Gasteiger partial charge on any atom is -0.480 e. The minimum absolute atomic E-state index is 0.408. The summed E-state index contributed by atoms with van der Waals surface area (Å²) in [5, 5.41) is 16.9. The molecule has 5 nitrogen and oxygen atoms in total. The number of carboxylic acids is 1. The molecule has 2 N–H and O–H groups in total. The van der Waals surface area contributed by atoms with Gasteiger partial charge in [-0.05, 0) is 38.2 Å². The Hall–Kier alpha value is -1.36. The monoisotopic (exact) mass is 251 g/mol. The zero-order valence-electron chi connectivity index (χ0n) is 10.8. The van der Waals surface area contributed by atoms with Gasteiger partial charge in [-0.2, -0.15) is 5.10 Å². The molecule has 2 rings (SSSR count). The maximum Gasteiger partial charge on any atom is 0.323 e. The van der Waals surface area contributed by atoms with E-state index in [1.54, 1.807) is 6.20 Å². The van der Waals surface area contributed by atoms with Gasteiger partial charge in [0.15, 0.2) is 0 Å². The molecule has 1 aromatic heterocycles. The molecule has 0 spiro atoms. The van der Waals surface area contributed by atoms with Gasteiger partial charge in [-0.1, -0.05) is 6.92 Å². The van der Waals surface area contributed by atoms with Crippen molar-refractivity contribution in [2.24, 2.45) is 0 Å². The fourth-order valence-corrected chi connectivity index (χ4v) is 2.26. The first kappa shape index (κ1) is 13.1. The molecule has 1 fully saturated rings. The molecule has 100 valence electrons. The average molecular weight is 251 g/mol. The SMILES string of the molecule is CCC(CCCn1cccn1)(NC1CC1)C(=O)O. The van der Waals surface area contributed by atoms with Crippen LogP contribution in [0.3, 0.4) is 0 Å². The van der Waals surface area contributed by atoms with E-state index in [9.17, 15) is 9.90 Å². The number of rotatable bonds is 8. The Balaban J connectivity index is 1.89. The van der Waals surface area contributed by atoms with Crippen molar-refractivity contribution in [2.75, 3.05) is 0 Å². The highest BCUT2D eigenvalue weighted by Crippen LogP contribution is 2.27. The van der Waals surface area contributed by atoms with Crippen LogP contribution in [0.25, 0.3) is 0 Å². The zero-order valence-corrected chi connectivity index (χ0v) is 10.8. The highest BCUT2D eigenvalue weighted by atomic mass is 16.4. The van der Waals surface area contributed by atoms with Crippen LogP contribution in [0.4, 0.5) is 0 Å². The van der Waals surface area contributed by atoms with Gasteiger partial charge in [0.2, 0.25) is 0 Å². The molecule has 18 heavy (non-hydrogen) atoms. The predicted molar refractivity (Wildman–Crippen MR) is 68.3 cm³/mol. The third kappa shape index (κ3) is 3.10. The number of carbonyl (C=O) groups is 1. The van der Waals surface area contributed by atoms with Crippen molar-refractivity contribution in [2.45, 2.75) is 57.2 Å².